The largest absolute Gasteiger partial charge is 0.508 e. The molecule has 1 N–H and O–H groups in total. The van der Waals surface area contributed by atoms with Crippen molar-refractivity contribution in [1.82, 2.24) is 0 Å². The van der Waals surface area contributed by atoms with Gasteiger partial charge in [0.2, 0.25) is 0 Å². The monoisotopic (exact) mass is 240 g/mol. The standard InChI is InChI=1S/C13H19BO3/c1-9-7-6-8-10(11(9)15)14-16-12(2,3)13(4,5)17-14/h6-8,15H,1-5H3/i1D3,6D,7D,8D. The molecule has 3 nitrogen and oxygen atoms in total. The molecule has 17 heavy (non-hydrogen) atoms. The van der Waals surface area contributed by atoms with Crippen LogP contribution in [0.4, 0.5) is 0 Å². The van der Waals surface area contributed by atoms with Gasteiger partial charge in [-0.1, -0.05) is 18.1 Å². The second-order valence-corrected chi connectivity index (χ2v) is 5.10. The Bertz CT molecular complexity index is 640. The number of phenolic OH excluding ortho intramolecular Hbond substituents is 1. The fraction of sp³-hybridized carbons (Fsp3) is 0.538. The SMILES string of the molecule is [2H]c1c([2H])c(B2OC(C)(C)C(C)(C)O2)c(O)c(C([2H])([2H])[2H])c1[2H]. The molecule has 1 fully saturated rings. The zero-order valence-electron chi connectivity index (χ0n) is 16.3. The van der Waals surface area contributed by atoms with Gasteiger partial charge in [0.1, 0.15) is 5.75 Å². The number of benzene rings is 1. The van der Waals surface area contributed by atoms with Crippen molar-refractivity contribution in [1.29, 1.82) is 0 Å². The molecule has 0 unspecified atom stereocenters. The van der Waals surface area contributed by atoms with Gasteiger partial charge in [0.25, 0.3) is 0 Å². The maximum Gasteiger partial charge on any atom is 0.498 e. The lowest BCUT2D eigenvalue weighted by molar-refractivity contribution is 0.00578. The number of para-hydroxylation sites is 1. The average Bonchev–Trinajstić information content (AvgIpc) is 2.53. The highest BCUT2D eigenvalue weighted by Gasteiger charge is 2.52. The molecule has 0 atom stereocenters. The Morgan fingerprint density at radius 2 is 1.82 bits per heavy atom. The van der Waals surface area contributed by atoms with Crippen LogP contribution in [-0.2, 0) is 9.31 Å². The lowest BCUT2D eigenvalue weighted by Crippen LogP contribution is -2.41. The molecule has 1 aliphatic rings. The van der Waals surface area contributed by atoms with Crippen LogP contribution >= 0.6 is 0 Å². The van der Waals surface area contributed by atoms with Crippen LogP contribution in [0.1, 0.15) is 41.5 Å². The van der Waals surface area contributed by atoms with Crippen LogP contribution in [0.25, 0.3) is 0 Å². The van der Waals surface area contributed by atoms with Crippen molar-refractivity contribution in [3.05, 3.63) is 23.7 Å². The molecule has 0 spiro atoms. The van der Waals surface area contributed by atoms with Crippen LogP contribution in [0.5, 0.6) is 5.75 Å². The van der Waals surface area contributed by atoms with Gasteiger partial charge in [0, 0.05) is 9.58 Å². The Morgan fingerprint density at radius 3 is 2.35 bits per heavy atom. The Hall–Kier alpha value is -0.995. The second kappa shape index (κ2) is 3.75. The van der Waals surface area contributed by atoms with Gasteiger partial charge in [0.05, 0.1) is 15.3 Å². The fourth-order valence-corrected chi connectivity index (χ4v) is 1.55. The topological polar surface area (TPSA) is 38.7 Å². The van der Waals surface area contributed by atoms with Crippen LogP contribution in [0.2, 0.25) is 0 Å². The highest BCUT2D eigenvalue weighted by molar-refractivity contribution is 6.63. The second-order valence-electron chi connectivity index (χ2n) is 5.10. The summed E-state index contributed by atoms with van der Waals surface area (Å²) in [7, 11) is -1.18. The van der Waals surface area contributed by atoms with Crippen molar-refractivity contribution in [2.24, 2.45) is 0 Å². The van der Waals surface area contributed by atoms with E-state index >= 15 is 0 Å². The summed E-state index contributed by atoms with van der Waals surface area (Å²) >= 11 is 0. The van der Waals surface area contributed by atoms with E-state index < -0.39 is 54.6 Å². The average molecular weight is 240 g/mol. The first kappa shape index (κ1) is 6.81. The van der Waals surface area contributed by atoms with Crippen molar-refractivity contribution in [2.45, 2.75) is 45.7 Å². The molecule has 0 bridgehead atoms. The van der Waals surface area contributed by atoms with E-state index in [-0.39, 0.29) is 5.46 Å². The zero-order chi connectivity index (χ0) is 18.0. The molecular weight excluding hydrogens is 215 g/mol. The van der Waals surface area contributed by atoms with Crippen molar-refractivity contribution < 1.29 is 22.6 Å². The number of rotatable bonds is 1. The van der Waals surface area contributed by atoms with Crippen LogP contribution < -0.4 is 5.46 Å². The predicted molar refractivity (Wildman–Crippen MR) is 68.6 cm³/mol. The third-order valence-electron chi connectivity index (χ3n) is 3.37. The molecule has 92 valence electrons. The predicted octanol–water partition coefficient (Wildman–Crippen LogP) is 2.00. The van der Waals surface area contributed by atoms with Crippen LogP contribution in [0.3, 0.4) is 0 Å². The van der Waals surface area contributed by atoms with E-state index in [0.29, 0.717) is 0 Å². The molecule has 4 heteroatoms. The van der Waals surface area contributed by atoms with E-state index in [4.69, 9.17) is 17.5 Å². The van der Waals surface area contributed by atoms with Gasteiger partial charge >= 0.3 is 7.12 Å². The lowest BCUT2D eigenvalue weighted by Gasteiger charge is -2.32. The summed E-state index contributed by atoms with van der Waals surface area (Å²) in [5.41, 5.74) is -2.39. The Balaban J connectivity index is 2.68. The van der Waals surface area contributed by atoms with E-state index in [1.165, 1.54) is 0 Å². The minimum absolute atomic E-state index is 0.226. The normalized spacial score (nSPS) is 27.6. The van der Waals surface area contributed by atoms with Crippen molar-refractivity contribution in [3.63, 3.8) is 0 Å². The first-order valence-electron chi connectivity index (χ1n) is 8.39. The fourth-order valence-electron chi connectivity index (χ4n) is 1.55. The smallest absolute Gasteiger partial charge is 0.498 e. The van der Waals surface area contributed by atoms with E-state index in [1.54, 1.807) is 27.7 Å². The molecule has 2 rings (SSSR count). The summed E-state index contributed by atoms with van der Waals surface area (Å²) in [6.07, 6.45) is 0. The minimum atomic E-state index is -2.79. The molecule has 1 saturated heterocycles. The highest BCUT2D eigenvalue weighted by Crippen LogP contribution is 2.37. The number of aromatic hydroxyl groups is 1. The van der Waals surface area contributed by atoms with E-state index in [2.05, 4.69) is 0 Å². The van der Waals surface area contributed by atoms with Gasteiger partial charge in [-0.3, -0.25) is 0 Å². The lowest BCUT2D eigenvalue weighted by atomic mass is 9.77. The van der Waals surface area contributed by atoms with Crippen molar-refractivity contribution >= 4 is 12.6 Å². The van der Waals surface area contributed by atoms with Gasteiger partial charge < -0.3 is 14.4 Å². The molecule has 1 aliphatic heterocycles. The quantitative estimate of drug-likeness (QED) is 0.763. The molecule has 0 aromatic heterocycles. The van der Waals surface area contributed by atoms with Crippen molar-refractivity contribution in [2.75, 3.05) is 0 Å². The van der Waals surface area contributed by atoms with Gasteiger partial charge in [-0.25, -0.2) is 0 Å². The van der Waals surface area contributed by atoms with Gasteiger partial charge in [-0.05, 0) is 40.1 Å². The molecule has 0 saturated carbocycles. The summed E-state index contributed by atoms with van der Waals surface area (Å²) in [4.78, 5) is 0. The van der Waals surface area contributed by atoms with Crippen LogP contribution in [0.15, 0.2) is 18.1 Å². The summed E-state index contributed by atoms with van der Waals surface area (Å²) in [5, 5.41) is 10.4. The highest BCUT2D eigenvalue weighted by atomic mass is 16.7. The van der Waals surface area contributed by atoms with Gasteiger partial charge in [-0.2, -0.15) is 0 Å². The summed E-state index contributed by atoms with van der Waals surface area (Å²) in [6, 6.07) is -1.74. The Morgan fingerprint density at radius 1 is 1.24 bits per heavy atom. The minimum Gasteiger partial charge on any atom is -0.508 e. The Labute approximate surface area is 111 Å². The molecule has 0 radical (unpaired) electrons. The summed E-state index contributed by atoms with van der Waals surface area (Å²) < 4.78 is 57.5. The Kier molecular flexibility index (Phi) is 1.50. The third-order valence-corrected chi connectivity index (χ3v) is 3.37. The zero-order valence-corrected chi connectivity index (χ0v) is 10.3. The van der Waals surface area contributed by atoms with Crippen molar-refractivity contribution in [3.8, 4) is 5.75 Å². The molecule has 0 aliphatic carbocycles. The van der Waals surface area contributed by atoms with E-state index in [0.717, 1.165) is 0 Å². The number of hydrogen-bond acceptors (Lipinski definition) is 3. The maximum absolute atomic E-state index is 10.4. The molecule has 1 aromatic carbocycles. The molecule has 1 heterocycles. The van der Waals surface area contributed by atoms with Gasteiger partial charge in [0.15, 0.2) is 0 Å². The van der Waals surface area contributed by atoms with Gasteiger partial charge in [-0.15, -0.1) is 0 Å². The van der Waals surface area contributed by atoms with Crippen LogP contribution in [-0.4, -0.2) is 23.4 Å². The summed E-state index contributed by atoms with van der Waals surface area (Å²) in [5.74, 6) is -0.741. The van der Waals surface area contributed by atoms with Crippen LogP contribution in [0, 0.1) is 6.85 Å². The summed E-state index contributed by atoms with van der Waals surface area (Å²) in [6.45, 7) is 4.32. The maximum atomic E-state index is 10.4. The molecular formula is C13H19BO3. The molecule has 0 amide bonds. The first-order valence-corrected chi connectivity index (χ1v) is 5.39. The van der Waals surface area contributed by atoms with E-state index in [1.807, 2.05) is 0 Å². The number of hydrogen-bond donors (Lipinski definition) is 1. The van der Waals surface area contributed by atoms with E-state index in [9.17, 15) is 5.11 Å². The number of phenols is 1. The third kappa shape index (κ3) is 1.96. The molecule has 1 aromatic rings. The first-order chi connectivity index (χ1) is 10.2.